The van der Waals surface area contributed by atoms with Crippen LogP contribution in [0.2, 0.25) is 0 Å². The molecule has 0 saturated carbocycles. The molecule has 1 aromatic rings. The molecule has 1 aliphatic rings. The van der Waals surface area contributed by atoms with E-state index < -0.39 is 0 Å². The Morgan fingerprint density at radius 1 is 1.35 bits per heavy atom. The van der Waals surface area contributed by atoms with E-state index >= 15 is 0 Å². The summed E-state index contributed by atoms with van der Waals surface area (Å²) < 4.78 is 6.23. The minimum absolute atomic E-state index is 0.0306. The fourth-order valence-electron chi connectivity index (χ4n) is 2.61. The van der Waals surface area contributed by atoms with Crippen molar-refractivity contribution in [1.82, 2.24) is 5.32 Å². The first-order valence-electron chi connectivity index (χ1n) is 7.88. The van der Waals surface area contributed by atoms with Crippen LogP contribution in [-0.2, 0) is 14.3 Å². The van der Waals surface area contributed by atoms with Crippen molar-refractivity contribution in [1.29, 1.82) is 0 Å². The maximum absolute atomic E-state index is 12.1. The minimum Gasteiger partial charge on any atom is -0.381 e. The lowest BCUT2D eigenvalue weighted by Crippen LogP contribution is -2.40. The molecular weight excluding hydrogens is 360 g/mol. The monoisotopic (exact) mass is 382 g/mol. The Morgan fingerprint density at radius 2 is 2.04 bits per heavy atom. The van der Waals surface area contributed by atoms with Gasteiger partial charge < -0.3 is 15.0 Å². The second-order valence-corrected chi connectivity index (χ2v) is 6.64. The highest BCUT2D eigenvalue weighted by molar-refractivity contribution is 9.10. The number of nitrogens with one attached hydrogen (secondary N) is 1. The highest BCUT2D eigenvalue weighted by Gasteiger charge is 2.21. The van der Waals surface area contributed by atoms with Crippen LogP contribution < -0.4 is 10.2 Å². The van der Waals surface area contributed by atoms with Crippen molar-refractivity contribution in [3.8, 4) is 0 Å². The SMILES string of the molecule is CC(=O)N(CCNC(=O)C1CCOCC1)c1ccc(C)c(Br)c1. The van der Waals surface area contributed by atoms with Gasteiger partial charge in [-0.05, 0) is 37.5 Å². The largest absolute Gasteiger partial charge is 0.381 e. The van der Waals surface area contributed by atoms with E-state index in [2.05, 4.69) is 21.2 Å². The number of benzene rings is 1. The van der Waals surface area contributed by atoms with Gasteiger partial charge in [-0.25, -0.2) is 0 Å². The zero-order valence-electron chi connectivity index (χ0n) is 13.6. The Labute approximate surface area is 145 Å². The summed E-state index contributed by atoms with van der Waals surface area (Å²) in [5, 5.41) is 2.93. The van der Waals surface area contributed by atoms with Crippen LogP contribution >= 0.6 is 15.9 Å². The van der Waals surface area contributed by atoms with Gasteiger partial charge in [-0.15, -0.1) is 0 Å². The average Bonchev–Trinajstić information content (AvgIpc) is 2.54. The standard InChI is InChI=1S/C17H23BrN2O3/c1-12-3-4-15(11-16(12)18)20(13(2)21)8-7-19-17(22)14-5-9-23-10-6-14/h3-4,11,14H,5-10H2,1-2H3,(H,19,22). The molecule has 1 saturated heterocycles. The fraction of sp³-hybridized carbons (Fsp3) is 0.529. The Bertz CT molecular complexity index is 571. The van der Waals surface area contributed by atoms with Gasteiger partial charge in [0.05, 0.1) is 0 Å². The normalized spacial score (nSPS) is 15.3. The number of halogens is 1. The number of amides is 2. The summed E-state index contributed by atoms with van der Waals surface area (Å²) in [6.07, 6.45) is 1.54. The summed E-state index contributed by atoms with van der Waals surface area (Å²) in [7, 11) is 0. The smallest absolute Gasteiger partial charge is 0.223 e. The molecule has 126 valence electrons. The van der Waals surface area contributed by atoms with E-state index in [9.17, 15) is 9.59 Å². The van der Waals surface area contributed by atoms with Crippen LogP contribution in [0, 0.1) is 12.8 Å². The van der Waals surface area contributed by atoms with Crippen LogP contribution in [0.5, 0.6) is 0 Å². The number of rotatable bonds is 5. The highest BCUT2D eigenvalue weighted by Crippen LogP contribution is 2.23. The molecule has 1 aromatic carbocycles. The molecule has 1 aliphatic heterocycles. The number of anilines is 1. The molecule has 2 amide bonds. The lowest BCUT2D eigenvalue weighted by Gasteiger charge is -2.24. The molecule has 0 unspecified atom stereocenters. The summed E-state index contributed by atoms with van der Waals surface area (Å²) in [6.45, 7) is 5.74. The Morgan fingerprint density at radius 3 is 2.65 bits per heavy atom. The molecule has 6 heteroatoms. The highest BCUT2D eigenvalue weighted by atomic mass is 79.9. The quantitative estimate of drug-likeness (QED) is 0.851. The van der Waals surface area contributed by atoms with Gasteiger partial charge in [-0.3, -0.25) is 9.59 Å². The average molecular weight is 383 g/mol. The van der Waals surface area contributed by atoms with E-state index in [0.29, 0.717) is 26.3 Å². The zero-order valence-corrected chi connectivity index (χ0v) is 15.2. The minimum atomic E-state index is -0.0407. The third kappa shape index (κ3) is 5.04. The Kier molecular flexibility index (Phi) is 6.59. The van der Waals surface area contributed by atoms with Crippen LogP contribution in [0.25, 0.3) is 0 Å². The first kappa shape index (κ1) is 17.9. The summed E-state index contributed by atoms with van der Waals surface area (Å²) in [4.78, 5) is 25.7. The molecule has 1 heterocycles. The van der Waals surface area contributed by atoms with Crippen molar-refractivity contribution in [2.75, 3.05) is 31.2 Å². The molecule has 0 bridgehead atoms. The van der Waals surface area contributed by atoms with Crippen molar-refractivity contribution in [3.05, 3.63) is 28.2 Å². The van der Waals surface area contributed by atoms with E-state index in [4.69, 9.17) is 4.74 Å². The van der Waals surface area contributed by atoms with Gasteiger partial charge in [0.25, 0.3) is 0 Å². The van der Waals surface area contributed by atoms with E-state index in [-0.39, 0.29) is 17.7 Å². The fourth-order valence-corrected chi connectivity index (χ4v) is 2.98. The number of nitrogens with zero attached hydrogens (tertiary/aromatic N) is 1. The molecular formula is C17H23BrN2O3. The number of carbonyl (C=O) groups is 2. The molecule has 1 fully saturated rings. The first-order chi connectivity index (χ1) is 11.0. The van der Waals surface area contributed by atoms with Crippen molar-refractivity contribution in [3.63, 3.8) is 0 Å². The second kappa shape index (κ2) is 8.45. The second-order valence-electron chi connectivity index (χ2n) is 5.78. The van der Waals surface area contributed by atoms with Gasteiger partial charge in [-0.2, -0.15) is 0 Å². The van der Waals surface area contributed by atoms with Crippen LogP contribution in [0.4, 0.5) is 5.69 Å². The van der Waals surface area contributed by atoms with Gasteiger partial charge in [0.15, 0.2) is 0 Å². The molecule has 1 N–H and O–H groups in total. The van der Waals surface area contributed by atoms with Crippen molar-refractivity contribution < 1.29 is 14.3 Å². The van der Waals surface area contributed by atoms with Crippen molar-refractivity contribution in [2.24, 2.45) is 5.92 Å². The van der Waals surface area contributed by atoms with Gasteiger partial charge in [-0.1, -0.05) is 22.0 Å². The van der Waals surface area contributed by atoms with Crippen LogP contribution in [0.3, 0.4) is 0 Å². The molecule has 0 radical (unpaired) electrons. The summed E-state index contributed by atoms with van der Waals surface area (Å²) in [5.41, 5.74) is 1.94. The first-order valence-corrected chi connectivity index (χ1v) is 8.68. The molecule has 2 rings (SSSR count). The summed E-state index contributed by atoms with van der Waals surface area (Å²) in [5.74, 6) is 0.0472. The number of hydrogen-bond donors (Lipinski definition) is 1. The van der Waals surface area contributed by atoms with Crippen molar-refractivity contribution in [2.45, 2.75) is 26.7 Å². The number of aryl methyl sites for hydroxylation is 1. The topological polar surface area (TPSA) is 58.6 Å². The predicted molar refractivity (Wildman–Crippen MR) is 93.5 cm³/mol. The number of ether oxygens (including phenoxy) is 1. The van der Waals surface area contributed by atoms with Crippen molar-refractivity contribution >= 4 is 33.4 Å². The molecule has 23 heavy (non-hydrogen) atoms. The number of carbonyl (C=O) groups excluding carboxylic acids is 2. The third-order valence-corrected chi connectivity index (χ3v) is 4.93. The maximum Gasteiger partial charge on any atom is 0.223 e. The van der Waals surface area contributed by atoms with E-state index in [1.807, 2.05) is 25.1 Å². The molecule has 0 aromatic heterocycles. The summed E-state index contributed by atoms with van der Waals surface area (Å²) in [6, 6.07) is 5.81. The van der Waals surface area contributed by atoms with Gasteiger partial charge in [0.1, 0.15) is 0 Å². The van der Waals surface area contributed by atoms with E-state index in [0.717, 1.165) is 28.6 Å². The Hall–Kier alpha value is -1.40. The molecule has 0 aliphatic carbocycles. The number of hydrogen-bond acceptors (Lipinski definition) is 3. The van der Waals surface area contributed by atoms with Crippen LogP contribution in [0.15, 0.2) is 22.7 Å². The zero-order chi connectivity index (χ0) is 16.8. The van der Waals surface area contributed by atoms with E-state index in [1.54, 1.807) is 4.90 Å². The lowest BCUT2D eigenvalue weighted by atomic mass is 9.99. The van der Waals surface area contributed by atoms with E-state index in [1.165, 1.54) is 6.92 Å². The van der Waals surface area contributed by atoms with Crippen LogP contribution in [0.1, 0.15) is 25.3 Å². The molecule has 0 spiro atoms. The third-order valence-electron chi connectivity index (χ3n) is 4.07. The van der Waals surface area contributed by atoms with Crippen LogP contribution in [-0.4, -0.2) is 38.1 Å². The molecule has 0 atom stereocenters. The Balaban J connectivity index is 1.91. The van der Waals surface area contributed by atoms with Gasteiger partial charge in [0.2, 0.25) is 11.8 Å². The predicted octanol–water partition coefficient (Wildman–Crippen LogP) is 2.65. The summed E-state index contributed by atoms with van der Waals surface area (Å²) >= 11 is 3.49. The maximum atomic E-state index is 12.1. The van der Waals surface area contributed by atoms with Gasteiger partial charge >= 0.3 is 0 Å². The molecule has 5 nitrogen and oxygen atoms in total. The van der Waals surface area contributed by atoms with Gasteiger partial charge in [0, 0.05) is 49.3 Å². The lowest BCUT2D eigenvalue weighted by molar-refractivity contribution is -0.127.